The molecule has 0 amide bonds. The highest BCUT2D eigenvalue weighted by atomic mass is 16.4. The first-order valence-corrected chi connectivity index (χ1v) is 3.54. The van der Waals surface area contributed by atoms with Crippen LogP contribution >= 0.6 is 0 Å². The van der Waals surface area contributed by atoms with E-state index < -0.39 is 5.97 Å². The molecule has 1 rings (SSSR count). The average Bonchev–Trinajstić information content (AvgIpc) is 2.03. The molecule has 0 radical (unpaired) electrons. The van der Waals surface area contributed by atoms with Gasteiger partial charge in [0.2, 0.25) is 0 Å². The van der Waals surface area contributed by atoms with Gasteiger partial charge in [-0.15, -0.1) is 0 Å². The zero-order chi connectivity index (χ0) is 8.97. The highest BCUT2D eigenvalue weighted by Crippen LogP contribution is 2.15. The monoisotopic (exact) mass is 167 g/mol. The fourth-order valence-corrected chi connectivity index (χ4v) is 0.868. The maximum absolute atomic E-state index is 10.2. The number of aryl methyl sites for hydroxylation is 1. The molecular weight excluding hydrogens is 158 g/mol. The van der Waals surface area contributed by atoms with Crippen molar-refractivity contribution in [2.45, 2.75) is 12.8 Å². The van der Waals surface area contributed by atoms with Gasteiger partial charge in [-0.25, -0.2) is 0 Å². The summed E-state index contributed by atoms with van der Waals surface area (Å²) in [6.45, 7) is 0. The van der Waals surface area contributed by atoms with E-state index in [9.17, 15) is 4.79 Å². The summed E-state index contributed by atoms with van der Waals surface area (Å²) in [5, 5.41) is 17.5. The third kappa shape index (κ3) is 2.23. The molecule has 0 saturated carbocycles. The summed E-state index contributed by atoms with van der Waals surface area (Å²) in [6, 6.07) is 1.61. The number of aliphatic carboxylic acids is 1. The van der Waals surface area contributed by atoms with Gasteiger partial charge in [-0.1, -0.05) is 0 Å². The van der Waals surface area contributed by atoms with Crippen LogP contribution in [0.4, 0.5) is 0 Å². The van der Waals surface area contributed by atoms with Gasteiger partial charge in [0.1, 0.15) is 5.75 Å². The molecule has 0 aliphatic carbocycles. The quantitative estimate of drug-likeness (QED) is 0.698. The van der Waals surface area contributed by atoms with E-state index in [0.717, 1.165) is 0 Å². The second-order valence-electron chi connectivity index (χ2n) is 2.40. The smallest absolute Gasteiger partial charge is 0.303 e. The molecule has 12 heavy (non-hydrogen) atoms. The predicted molar refractivity (Wildman–Crippen MR) is 41.9 cm³/mol. The number of aromatic nitrogens is 1. The van der Waals surface area contributed by atoms with Crippen molar-refractivity contribution in [3.63, 3.8) is 0 Å². The van der Waals surface area contributed by atoms with E-state index in [0.29, 0.717) is 12.0 Å². The molecule has 0 spiro atoms. The molecule has 4 heteroatoms. The summed E-state index contributed by atoms with van der Waals surface area (Å²) in [6.07, 6.45) is 3.19. The molecule has 2 N–H and O–H groups in total. The van der Waals surface area contributed by atoms with Crippen LogP contribution in [0.1, 0.15) is 12.0 Å². The summed E-state index contributed by atoms with van der Waals surface area (Å²) in [7, 11) is 0. The molecule has 0 unspecified atom stereocenters. The van der Waals surface area contributed by atoms with Crippen LogP contribution in [0.15, 0.2) is 18.5 Å². The number of hydrogen-bond acceptors (Lipinski definition) is 3. The van der Waals surface area contributed by atoms with Crippen molar-refractivity contribution in [2.75, 3.05) is 0 Å². The molecular formula is C8H9NO3. The largest absolute Gasteiger partial charge is 0.506 e. The van der Waals surface area contributed by atoms with Crippen molar-refractivity contribution in [1.29, 1.82) is 0 Å². The van der Waals surface area contributed by atoms with Crippen molar-refractivity contribution in [2.24, 2.45) is 0 Å². The van der Waals surface area contributed by atoms with E-state index >= 15 is 0 Å². The van der Waals surface area contributed by atoms with Crippen LogP contribution in [-0.2, 0) is 11.2 Å². The maximum Gasteiger partial charge on any atom is 0.303 e. The zero-order valence-electron chi connectivity index (χ0n) is 6.40. The minimum atomic E-state index is -0.869. The van der Waals surface area contributed by atoms with Crippen LogP contribution in [0, 0.1) is 0 Å². The Morgan fingerprint density at radius 2 is 2.33 bits per heavy atom. The van der Waals surface area contributed by atoms with Crippen LogP contribution in [0.25, 0.3) is 0 Å². The minimum Gasteiger partial charge on any atom is -0.506 e. The highest BCUT2D eigenvalue weighted by Gasteiger charge is 2.02. The number of carboxylic acids is 1. The van der Waals surface area contributed by atoms with Crippen molar-refractivity contribution in [3.05, 3.63) is 24.0 Å². The van der Waals surface area contributed by atoms with E-state index in [-0.39, 0.29) is 12.2 Å². The number of nitrogens with zero attached hydrogens (tertiary/aromatic N) is 1. The normalized spacial score (nSPS) is 9.67. The standard InChI is InChI=1S/C8H9NO3/c10-7-5-9-4-3-6(7)1-2-8(11)12/h3-5,10H,1-2H2,(H,11,12). The molecule has 0 atom stereocenters. The molecule has 0 aromatic carbocycles. The van der Waals surface area contributed by atoms with Gasteiger partial charge in [-0.05, 0) is 18.1 Å². The van der Waals surface area contributed by atoms with E-state index in [1.54, 1.807) is 6.07 Å². The fraction of sp³-hybridized carbons (Fsp3) is 0.250. The summed E-state index contributed by atoms with van der Waals surface area (Å²) in [5.41, 5.74) is 0.618. The SMILES string of the molecule is O=C(O)CCc1ccncc1O. The first kappa shape index (κ1) is 8.52. The van der Waals surface area contributed by atoms with E-state index in [1.807, 2.05) is 0 Å². The Balaban J connectivity index is 2.63. The first-order valence-electron chi connectivity index (χ1n) is 3.54. The molecule has 1 aromatic heterocycles. The van der Waals surface area contributed by atoms with E-state index in [4.69, 9.17) is 10.2 Å². The number of carboxylic acid groups (broad SMARTS) is 1. The van der Waals surface area contributed by atoms with Crippen molar-refractivity contribution < 1.29 is 15.0 Å². The lowest BCUT2D eigenvalue weighted by atomic mass is 10.1. The fourth-order valence-electron chi connectivity index (χ4n) is 0.868. The molecule has 0 aliphatic heterocycles. The van der Waals surface area contributed by atoms with Gasteiger partial charge in [0, 0.05) is 12.6 Å². The third-order valence-corrected chi connectivity index (χ3v) is 1.50. The van der Waals surface area contributed by atoms with Crippen LogP contribution in [0.2, 0.25) is 0 Å². The van der Waals surface area contributed by atoms with Crippen molar-refractivity contribution in [1.82, 2.24) is 4.98 Å². The lowest BCUT2D eigenvalue weighted by Gasteiger charge is -1.99. The minimum absolute atomic E-state index is 0.0254. The molecule has 0 fully saturated rings. The molecule has 1 aromatic rings. The lowest BCUT2D eigenvalue weighted by molar-refractivity contribution is -0.136. The number of hydrogen-bond donors (Lipinski definition) is 2. The van der Waals surface area contributed by atoms with Crippen molar-refractivity contribution >= 4 is 5.97 Å². The topological polar surface area (TPSA) is 70.4 Å². The van der Waals surface area contributed by atoms with Crippen LogP contribution < -0.4 is 0 Å². The average molecular weight is 167 g/mol. The third-order valence-electron chi connectivity index (χ3n) is 1.50. The Kier molecular flexibility index (Phi) is 2.63. The molecule has 0 aliphatic rings. The Morgan fingerprint density at radius 3 is 2.92 bits per heavy atom. The van der Waals surface area contributed by atoms with Gasteiger partial charge < -0.3 is 10.2 Å². The predicted octanol–water partition coefficient (Wildman–Crippen LogP) is 0.804. The Bertz CT molecular complexity index is 285. The number of carbonyl (C=O) groups is 1. The second kappa shape index (κ2) is 3.71. The highest BCUT2D eigenvalue weighted by molar-refractivity contribution is 5.67. The second-order valence-corrected chi connectivity index (χ2v) is 2.40. The lowest BCUT2D eigenvalue weighted by Crippen LogP contribution is -1.97. The Labute approximate surface area is 69.5 Å². The van der Waals surface area contributed by atoms with Gasteiger partial charge in [0.25, 0.3) is 0 Å². The first-order chi connectivity index (χ1) is 5.70. The number of pyridine rings is 1. The Morgan fingerprint density at radius 1 is 1.58 bits per heavy atom. The van der Waals surface area contributed by atoms with Crippen LogP contribution in [0.5, 0.6) is 5.75 Å². The Hall–Kier alpha value is -1.58. The molecule has 1 heterocycles. The summed E-state index contributed by atoms with van der Waals surface area (Å²) in [4.78, 5) is 13.9. The van der Waals surface area contributed by atoms with Gasteiger partial charge >= 0.3 is 5.97 Å². The molecule has 0 bridgehead atoms. The van der Waals surface area contributed by atoms with E-state index in [1.165, 1.54) is 12.4 Å². The zero-order valence-corrected chi connectivity index (χ0v) is 6.40. The van der Waals surface area contributed by atoms with Crippen LogP contribution in [-0.4, -0.2) is 21.2 Å². The van der Waals surface area contributed by atoms with Gasteiger partial charge in [0.15, 0.2) is 0 Å². The van der Waals surface area contributed by atoms with Gasteiger partial charge in [0.05, 0.1) is 6.20 Å². The molecule has 64 valence electrons. The molecule has 4 nitrogen and oxygen atoms in total. The van der Waals surface area contributed by atoms with Crippen molar-refractivity contribution in [3.8, 4) is 5.75 Å². The van der Waals surface area contributed by atoms with Crippen LogP contribution in [0.3, 0.4) is 0 Å². The van der Waals surface area contributed by atoms with Gasteiger partial charge in [-0.2, -0.15) is 0 Å². The summed E-state index contributed by atoms with van der Waals surface area (Å²) < 4.78 is 0. The number of rotatable bonds is 3. The summed E-state index contributed by atoms with van der Waals surface area (Å²) >= 11 is 0. The van der Waals surface area contributed by atoms with Gasteiger partial charge in [-0.3, -0.25) is 9.78 Å². The summed E-state index contributed by atoms with van der Waals surface area (Å²) in [5.74, 6) is -0.815. The molecule has 0 saturated heterocycles. The van der Waals surface area contributed by atoms with E-state index in [2.05, 4.69) is 4.98 Å². The number of aromatic hydroxyl groups is 1. The maximum atomic E-state index is 10.2.